The van der Waals surface area contributed by atoms with E-state index in [1.54, 1.807) is 12.4 Å². The van der Waals surface area contributed by atoms with Gasteiger partial charge in [-0.1, -0.05) is 11.6 Å². The molecule has 2 rings (SSSR count). The van der Waals surface area contributed by atoms with Gasteiger partial charge in [0.15, 0.2) is 0 Å². The molecule has 0 amide bonds. The summed E-state index contributed by atoms with van der Waals surface area (Å²) in [5.74, 6) is 0.0775. The van der Waals surface area contributed by atoms with Gasteiger partial charge in [0.25, 0.3) is 0 Å². The first-order valence-corrected chi connectivity index (χ1v) is 5.37. The van der Waals surface area contributed by atoms with E-state index in [-0.39, 0.29) is 22.7 Å². The minimum absolute atomic E-state index is 0.0775. The molecule has 2 aromatic rings. The lowest BCUT2D eigenvalue weighted by Gasteiger charge is -2.12. The predicted octanol–water partition coefficient (Wildman–Crippen LogP) is 1.93. The first kappa shape index (κ1) is 12.2. The largest absolute Gasteiger partial charge is 0.358 e. The van der Waals surface area contributed by atoms with Gasteiger partial charge in [0.2, 0.25) is 11.0 Å². The summed E-state index contributed by atoms with van der Waals surface area (Å²) in [6.07, 6.45) is 4.47. The summed E-state index contributed by atoms with van der Waals surface area (Å²) in [5, 5.41) is 20.1. The summed E-state index contributed by atoms with van der Waals surface area (Å²) < 4.78 is 0. The number of halogens is 1. The van der Waals surface area contributed by atoms with Crippen molar-refractivity contribution in [1.82, 2.24) is 20.2 Å². The monoisotopic (exact) mass is 268 g/mol. The second kappa shape index (κ2) is 4.96. The molecule has 2 aromatic heterocycles. The number of aromatic amines is 1. The number of rotatable bonds is 4. The second-order valence-electron chi connectivity index (χ2n) is 3.52. The molecule has 0 saturated carbocycles. The van der Waals surface area contributed by atoms with Gasteiger partial charge >= 0.3 is 5.69 Å². The van der Waals surface area contributed by atoms with Crippen molar-refractivity contribution in [2.75, 3.05) is 5.32 Å². The molecule has 18 heavy (non-hydrogen) atoms. The Morgan fingerprint density at radius 2 is 2.33 bits per heavy atom. The van der Waals surface area contributed by atoms with Gasteiger partial charge in [-0.05, 0) is 6.92 Å². The van der Waals surface area contributed by atoms with E-state index in [1.807, 2.05) is 6.92 Å². The van der Waals surface area contributed by atoms with Crippen LogP contribution < -0.4 is 5.32 Å². The van der Waals surface area contributed by atoms with Crippen LogP contribution in [0, 0.1) is 10.1 Å². The van der Waals surface area contributed by atoms with Crippen molar-refractivity contribution in [2.45, 2.75) is 13.0 Å². The summed E-state index contributed by atoms with van der Waals surface area (Å²) in [4.78, 5) is 17.7. The van der Waals surface area contributed by atoms with Gasteiger partial charge in [0.05, 0.1) is 17.2 Å². The van der Waals surface area contributed by atoms with Crippen molar-refractivity contribution in [2.24, 2.45) is 0 Å². The van der Waals surface area contributed by atoms with Gasteiger partial charge in [-0.25, -0.2) is 9.97 Å². The zero-order valence-corrected chi connectivity index (χ0v) is 10.0. The molecule has 94 valence electrons. The number of H-pyrrole nitrogens is 1. The average molecular weight is 269 g/mol. The molecule has 0 aromatic carbocycles. The summed E-state index contributed by atoms with van der Waals surface area (Å²) in [6, 6.07) is -0.201. The van der Waals surface area contributed by atoms with Crippen molar-refractivity contribution in [3.8, 4) is 0 Å². The third-order valence-corrected chi connectivity index (χ3v) is 2.61. The molecule has 9 heteroatoms. The molecule has 2 N–H and O–H groups in total. The van der Waals surface area contributed by atoms with E-state index in [0.717, 1.165) is 5.56 Å². The summed E-state index contributed by atoms with van der Waals surface area (Å²) >= 11 is 5.68. The van der Waals surface area contributed by atoms with Crippen LogP contribution in [-0.4, -0.2) is 25.1 Å². The molecular formula is C9H9ClN6O2. The molecule has 0 saturated heterocycles. The molecule has 2 heterocycles. The lowest BCUT2D eigenvalue weighted by atomic mass is 10.2. The van der Waals surface area contributed by atoms with Crippen molar-refractivity contribution < 1.29 is 4.92 Å². The average Bonchev–Trinajstić information content (AvgIpc) is 2.81. The number of hydrogen-bond acceptors (Lipinski definition) is 6. The molecule has 0 fully saturated rings. The molecule has 8 nitrogen and oxygen atoms in total. The van der Waals surface area contributed by atoms with Crippen molar-refractivity contribution >= 4 is 23.1 Å². The maximum Gasteiger partial charge on any atom is 0.348 e. The van der Waals surface area contributed by atoms with Crippen LogP contribution in [0.15, 0.2) is 18.7 Å². The second-order valence-corrected chi connectivity index (χ2v) is 3.87. The highest BCUT2D eigenvalue weighted by molar-refractivity contribution is 6.31. The SMILES string of the molecule is CC(Nc1ncnc(Cl)c1[N+](=O)[O-])c1cn[nH]c1. The molecule has 1 atom stereocenters. The third kappa shape index (κ3) is 2.38. The number of anilines is 1. The molecule has 1 unspecified atom stereocenters. The number of nitro groups is 1. The molecule has 0 aliphatic heterocycles. The first-order chi connectivity index (χ1) is 8.59. The number of nitrogens with zero attached hydrogens (tertiary/aromatic N) is 4. The maximum atomic E-state index is 10.9. The lowest BCUT2D eigenvalue weighted by molar-refractivity contribution is -0.384. The van der Waals surface area contributed by atoms with Crippen molar-refractivity contribution in [3.63, 3.8) is 0 Å². The Kier molecular flexibility index (Phi) is 3.38. The van der Waals surface area contributed by atoms with E-state index >= 15 is 0 Å². The number of nitrogens with one attached hydrogen (secondary N) is 2. The lowest BCUT2D eigenvalue weighted by Crippen LogP contribution is -2.10. The van der Waals surface area contributed by atoms with Crippen LogP contribution in [0.1, 0.15) is 18.5 Å². The fourth-order valence-electron chi connectivity index (χ4n) is 1.41. The zero-order chi connectivity index (χ0) is 13.1. The Hall–Kier alpha value is -2.22. The molecule has 0 aliphatic rings. The number of hydrogen-bond donors (Lipinski definition) is 2. The van der Waals surface area contributed by atoms with Gasteiger partial charge < -0.3 is 5.32 Å². The quantitative estimate of drug-likeness (QED) is 0.498. The zero-order valence-electron chi connectivity index (χ0n) is 9.29. The van der Waals surface area contributed by atoms with Crippen LogP contribution in [0.4, 0.5) is 11.5 Å². The summed E-state index contributed by atoms with van der Waals surface area (Å²) in [6.45, 7) is 1.82. The normalized spacial score (nSPS) is 12.1. The Morgan fingerprint density at radius 3 is 2.94 bits per heavy atom. The minimum atomic E-state index is -0.618. The van der Waals surface area contributed by atoms with Crippen LogP contribution in [-0.2, 0) is 0 Å². The Morgan fingerprint density at radius 1 is 1.56 bits per heavy atom. The molecule has 0 spiro atoms. The maximum absolute atomic E-state index is 10.9. The molecule has 0 bridgehead atoms. The highest BCUT2D eigenvalue weighted by Gasteiger charge is 2.23. The van der Waals surface area contributed by atoms with Gasteiger partial charge in [-0.3, -0.25) is 15.2 Å². The van der Waals surface area contributed by atoms with E-state index in [1.165, 1.54) is 6.33 Å². The fraction of sp³-hybridized carbons (Fsp3) is 0.222. The summed E-state index contributed by atoms with van der Waals surface area (Å²) in [7, 11) is 0. The van der Waals surface area contributed by atoms with Crippen molar-refractivity contribution in [1.29, 1.82) is 0 Å². The standard InChI is InChI=1S/C9H9ClN6O2/c1-5(6-2-13-14-3-6)15-9-7(16(17)18)8(10)11-4-12-9/h2-5H,1H3,(H,13,14)(H,11,12,15). The predicted molar refractivity (Wildman–Crippen MR) is 64.3 cm³/mol. The highest BCUT2D eigenvalue weighted by atomic mass is 35.5. The van der Waals surface area contributed by atoms with Crippen LogP contribution in [0.5, 0.6) is 0 Å². The van der Waals surface area contributed by atoms with Crippen molar-refractivity contribution in [3.05, 3.63) is 39.6 Å². The Labute approximate surface area is 107 Å². The highest BCUT2D eigenvalue weighted by Crippen LogP contribution is 2.30. The van der Waals surface area contributed by atoms with E-state index in [2.05, 4.69) is 25.5 Å². The molecular weight excluding hydrogens is 260 g/mol. The van der Waals surface area contributed by atoms with Crippen LogP contribution in [0.25, 0.3) is 0 Å². The van der Waals surface area contributed by atoms with E-state index < -0.39 is 4.92 Å². The molecule has 0 radical (unpaired) electrons. The minimum Gasteiger partial charge on any atom is -0.358 e. The van der Waals surface area contributed by atoms with Crippen LogP contribution >= 0.6 is 11.6 Å². The fourth-order valence-corrected chi connectivity index (χ4v) is 1.61. The van der Waals surface area contributed by atoms with Gasteiger partial charge in [-0.2, -0.15) is 5.10 Å². The van der Waals surface area contributed by atoms with E-state index in [0.29, 0.717) is 0 Å². The van der Waals surface area contributed by atoms with Gasteiger partial charge in [0, 0.05) is 11.8 Å². The first-order valence-electron chi connectivity index (χ1n) is 4.99. The van der Waals surface area contributed by atoms with Gasteiger partial charge in [0.1, 0.15) is 6.33 Å². The van der Waals surface area contributed by atoms with E-state index in [9.17, 15) is 10.1 Å². The van der Waals surface area contributed by atoms with Gasteiger partial charge in [-0.15, -0.1) is 0 Å². The summed E-state index contributed by atoms with van der Waals surface area (Å²) in [5.41, 5.74) is 0.508. The smallest absolute Gasteiger partial charge is 0.348 e. The topological polar surface area (TPSA) is 110 Å². The third-order valence-electron chi connectivity index (χ3n) is 2.33. The van der Waals surface area contributed by atoms with E-state index in [4.69, 9.17) is 11.6 Å². The Balaban J connectivity index is 2.29. The number of aromatic nitrogens is 4. The molecule has 0 aliphatic carbocycles. The van der Waals surface area contributed by atoms with Crippen LogP contribution in [0.3, 0.4) is 0 Å². The Bertz CT molecular complexity index is 558. The van der Waals surface area contributed by atoms with Crippen LogP contribution in [0.2, 0.25) is 5.15 Å².